The second kappa shape index (κ2) is 8.17. The average molecular weight is 374 g/mol. The maximum Gasteiger partial charge on any atom is 0.237 e. The Labute approximate surface area is 159 Å². The van der Waals surface area contributed by atoms with Crippen molar-refractivity contribution in [3.8, 4) is 0 Å². The number of carbonyl (C=O) groups excluding carboxylic acids is 1. The summed E-state index contributed by atoms with van der Waals surface area (Å²) in [5.41, 5.74) is 0.435. The van der Waals surface area contributed by atoms with Gasteiger partial charge >= 0.3 is 0 Å². The van der Waals surface area contributed by atoms with E-state index in [0.717, 1.165) is 19.4 Å². The van der Waals surface area contributed by atoms with Crippen molar-refractivity contribution in [2.75, 3.05) is 13.1 Å². The van der Waals surface area contributed by atoms with Crippen LogP contribution in [0.25, 0.3) is 0 Å². The summed E-state index contributed by atoms with van der Waals surface area (Å²) in [5.74, 6) is 0.934. The Morgan fingerprint density at radius 2 is 2.15 bits per heavy atom. The third-order valence-corrected chi connectivity index (χ3v) is 4.76. The molecule has 1 atom stereocenters. The molecule has 2 heterocycles. The summed E-state index contributed by atoms with van der Waals surface area (Å²) in [6, 6.07) is 6.50. The summed E-state index contributed by atoms with van der Waals surface area (Å²) in [7, 11) is 0. The molecule has 27 heavy (non-hydrogen) atoms. The molecule has 1 aliphatic heterocycles. The van der Waals surface area contributed by atoms with Gasteiger partial charge in [-0.3, -0.25) is 9.69 Å². The minimum Gasteiger partial charge on any atom is -0.354 e. The fraction of sp³-hybridized carbons (Fsp3) is 0.550. The number of carbonyl (C=O) groups is 1. The van der Waals surface area contributed by atoms with Crippen LogP contribution < -0.4 is 5.32 Å². The molecule has 1 aromatic heterocycles. The summed E-state index contributed by atoms with van der Waals surface area (Å²) in [5, 5.41) is 6.92. The quantitative estimate of drug-likeness (QED) is 0.842. The van der Waals surface area contributed by atoms with Crippen LogP contribution in [0.4, 0.5) is 4.39 Å². The predicted octanol–water partition coefficient (Wildman–Crippen LogP) is 2.83. The van der Waals surface area contributed by atoms with E-state index >= 15 is 0 Å². The van der Waals surface area contributed by atoms with E-state index in [1.165, 1.54) is 6.07 Å². The van der Waals surface area contributed by atoms with Crippen molar-refractivity contribution in [1.29, 1.82) is 0 Å². The van der Waals surface area contributed by atoms with Crippen LogP contribution in [0.2, 0.25) is 0 Å². The van der Waals surface area contributed by atoms with Crippen LogP contribution in [-0.4, -0.2) is 40.1 Å². The standard InChI is InChI=1S/C20H27FN4O2/c1-20(2,3)19-23-17(24-27-19)10-11-22-18(26)16-9-6-12-25(16)13-14-7-4-5-8-15(14)21/h4-5,7-8,16H,6,9-13H2,1-3H3,(H,22,26). The Hall–Kier alpha value is -2.28. The lowest BCUT2D eigenvalue weighted by molar-refractivity contribution is -0.125. The molecule has 0 aliphatic carbocycles. The van der Waals surface area contributed by atoms with E-state index in [1.807, 2.05) is 31.7 Å². The minimum atomic E-state index is -0.227. The first-order valence-corrected chi connectivity index (χ1v) is 9.43. The van der Waals surface area contributed by atoms with Crippen molar-refractivity contribution in [3.05, 3.63) is 47.4 Å². The number of aromatic nitrogens is 2. The monoisotopic (exact) mass is 374 g/mol. The highest BCUT2D eigenvalue weighted by Crippen LogP contribution is 2.22. The van der Waals surface area contributed by atoms with Gasteiger partial charge in [-0.05, 0) is 25.5 Å². The van der Waals surface area contributed by atoms with Crippen LogP contribution in [0.5, 0.6) is 0 Å². The highest BCUT2D eigenvalue weighted by atomic mass is 19.1. The molecule has 2 aromatic rings. The van der Waals surface area contributed by atoms with Crippen molar-refractivity contribution in [2.24, 2.45) is 0 Å². The lowest BCUT2D eigenvalue weighted by Crippen LogP contribution is -2.43. The first-order valence-electron chi connectivity index (χ1n) is 9.43. The second-order valence-electron chi connectivity index (χ2n) is 8.03. The molecule has 0 bridgehead atoms. The molecule has 1 saturated heterocycles. The number of halogens is 1. The molecule has 1 amide bonds. The lowest BCUT2D eigenvalue weighted by atomic mass is 9.97. The number of amides is 1. The van der Waals surface area contributed by atoms with Crippen molar-refractivity contribution in [1.82, 2.24) is 20.4 Å². The zero-order valence-electron chi connectivity index (χ0n) is 16.2. The number of nitrogens with one attached hydrogen (secondary N) is 1. The molecule has 0 radical (unpaired) electrons. The first kappa shape index (κ1) is 19.5. The van der Waals surface area contributed by atoms with Crippen LogP contribution in [0.3, 0.4) is 0 Å². The van der Waals surface area contributed by atoms with Crippen LogP contribution in [-0.2, 0) is 23.2 Å². The molecule has 7 heteroatoms. The maximum absolute atomic E-state index is 13.9. The van der Waals surface area contributed by atoms with Gasteiger partial charge in [-0.1, -0.05) is 44.1 Å². The predicted molar refractivity (Wildman–Crippen MR) is 99.5 cm³/mol. The molecular formula is C20H27FN4O2. The summed E-state index contributed by atoms with van der Waals surface area (Å²) >= 11 is 0. The summed E-state index contributed by atoms with van der Waals surface area (Å²) < 4.78 is 19.2. The molecular weight excluding hydrogens is 347 g/mol. The summed E-state index contributed by atoms with van der Waals surface area (Å²) in [6.45, 7) is 7.73. The molecule has 1 fully saturated rings. The van der Waals surface area contributed by atoms with Crippen molar-refractivity contribution in [2.45, 2.75) is 58.0 Å². The van der Waals surface area contributed by atoms with Gasteiger partial charge in [-0.2, -0.15) is 4.98 Å². The Kier molecular flexibility index (Phi) is 5.89. The van der Waals surface area contributed by atoms with Crippen LogP contribution in [0.15, 0.2) is 28.8 Å². The molecule has 1 unspecified atom stereocenters. The molecule has 6 nitrogen and oxygen atoms in total. The highest BCUT2D eigenvalue weighted by molar-refractivity contribution is 5.82. The van der Waals surface area contributed by atoms with Gasteiger partial charge in [0, 0.05) is 30.5 Å². The fourth-order valence-electron chi connectivity index (χ4n) is 3.23. The lowest BCUT2D eigenvalue weighted by Gasteiger charge is -2.23. The number of rotatable bonds is 6. The van der Waals surface area contributed by atoms with Gasteiger partial charge in [0.2, 0.25) is 11.8 Å². The number of hydrogen-bond acceptors (Lipinski definition) is 5. The molecule has 0 spiro atoms. The number of likely N-dealkylation sites (tertiary alicyclic amines) is 1. The fourth-order valence-corrected chi connectivity index (χ4v) is 3.23. The van der Waals surface area contributed by atoms with E-state index in [0.29, 0.717) is 36.8 Å². The topological polar surface area (TPSA) is 71.3 Å². The average Bonchev–Trinajstić information content (AvgIpc) is 3.26. The van der Waals surface area contributed by atoms with Gasteiger partial charge in [0.25, 0.3) is 0 Å². The minimum absolute atomic E-state index is 0.0246. The Morgan fingerprint density at radius 1 is 1.37 bits per heavy atom. The Morgan fingerprint density at radius 3 is 2.85 bits per heavy atom. The van der Waals surface area contributed by atoms with Crippen LogP contribution in [0, 0.1) is 5.82 Å². The molecule has 3 rings (SSSR count). The Bertz CT molecular complexity index is 784. The summed E-state index contributed by atoms with van der Waals surface area (Å²) in [6.07, 6.45) is 2.24. The smallest absolute Gasteiger partial charge is 0.237 e. The largest absolute Gasteiger partial charge is 0.354 e. The number of nitrogens with zero attached hydrogens (tertiary/aromatic N) is 3. The van der Waals surface area contributed by atoms with Gasteiger partial charge in [0.1, 0.15) is 5.82 Å². The normalized spacial score (nSPS) is 18.0. The molecule has 1 aromatic carbocycles. The number of hydrogen-bond donors (Lipinski definition) is 1. The second-order valence-corrected chi connectivity index (χ2v) is 8.03. The van der Waals surface area contributed by atoms with E-state index in [1.54, 1.807) is 12.1 Å². The van der Waals surface area contributed by atoms with E-state index in [9.17, 15) is 9.18 Å². The van der Waals surface area contributed by atoms with Gasteiger partial charge in [0.15, 0.2) is 5.82 Å². The first-order chi connectivity index (χ1) is 12.8. The van der Waals surface area contributed by atoms with Crippen molar-refractivity contribution in [3.63, 3.8) is 0 Å². The van der Waals surface area contributed by atoms with Gasteiger partial charge in [0.05, 0.1) is 6.04 Å². The van der Waals surface area contributed by atoms with E-state index in [4.69, 9.17) is 4.52 Å². The van der Waals surface area contributed by atoms with Crippen LogP contribution in [0.1, 0.15) is 50.9 Å². The third kappa shape index (κ3) is 4.91. The highest BCUT2D eigenvalue weighted by Gasteiger charge is 2.31. The molecule has 0 saturated carbocycles. The molecule has 1 aliphatic rings. The zero-order valence-corrected chi connectivity index (χ0v) is 16.2. The third-order valence-electron chi connectivity index (χ3n) is 4.76. The SMILES string of the molecule is CC(C)(C)c1nc(CCNC(=O)C2CCCN2Cc2ccccc2F)no1. The van der Waals surface area contributed by atoms with Gasteiger partial charge in [-0.15, -0.1) is 0 Å². The van der Waals surface area contributed by atoms with Crippen molar-refractivity contribution < 1.29 is 13.7 Å². The van der Waals surface area contributed by atoms with Gasteiger partial charge in [-0.25, -0.2) is 4.39 Å². The summed E-state index contributed by atoms with van der Waals surface area (Å²) in [4.78, 5) is 19.0. The number of benzene rings is 1. The Balaban J connectivity index is 1.51. The van der Waals surface area contributed by atoms with E-state index in [2.05, 4.69) is 15.5 Å². The van der Waals surface area contributed by atoms with E-state index in [-0.39, 0.29) is 23.2 Å². The maximum atomic E-state index is 13.9. The zero-order chi connectivity index (χ0) is 19.4. The van der Waals surface area contributed by atoms with E-state index < -0.39 is 0 Å². The van der Waals surface area contributed by atoms with Gasteiger partial charge < -0.3 is 9.84 Å². The molecule has 1 N–H and O–H groups in total. The molecule has 146 valence electrons. The van der Waals surface area contributed by atoms with Crippen molar-refractivity contribution >= 4 is 5.91 Å². The van der Waals surface area contributed by atoms with Crippen LogP contribution >= 0.6 is 0 Å².